The van der Waals surface area contributed by atoms with Crippen LogP contribution >= 0.6 is 0 Å². The van der Waals surface area contributed by atoms with Crippen molar-refractivity contribution in [3.63, 3.8) is 0 Å². The van der Waals surface area contributed by atoms with Crippen LogP contribution in [0.2, 0.25) is 90.7 Å². The molecule has 8 unspecified atom stereocenters. The van der Waals surface area contributed by atoms with Gasteiger partial charge in [0.05, 0.1) is 80.6 Å². The van der Waals surface area contributed by atoms with Gasteiger partial charge in [-0.2, -0.15) is 0 Å². The van der Waals surface area contributed by atoms with Crippen LogP contribution in [-0.4, -0.2) is 166 Å². The van der Waals surface area contributed by atoms with Gasteiger partial charge in [0.1, 0.15) is 24.4 Å². The van der Waals surface area contributed by atoms with Gasteiger partial charge >= 0.3 is 11.9 Å². The van der Waals surface area contributed by atoms with E-state index in [2.05, 4.69) is 196 Å². The average Bonchev–Trinajstić information content (AvgIpc) is 1.13. The lowest BCUT2D eigenvalue weighted by molar-refractivity contribution is -0.227. The van der Waals surface area contributed by atoms with Crippen LogP contribution in [0.25, 0.3) is 0 Å². The third kappa shape index (κ3) is 22.5. The zero-order valence-corrected chi connectivity index (χ0v) is 70.9. The number of benzene rings is 1. The number of carbonyl (C=O) groups is 3. The number of rotatable bonds is 31. The first-order valence-corrected chi connectivity index (χ1v) is 50.9. The second-order valence-corrected chi connectivity index (χ2v) is 60.2. The molecular formula is C77H136O15Si5. The summed E-state index contributed by atoms with van der Waals surface area (Å²) >= 11 is 0. The van der Waals surface area contributed by atoms with E-state index in [0.717, 1.165) is 30.4 Å². The Bertz CT molecular complexity index is 2800. The standard InChI is InChI=1S/C77H136O15Si5/c1-32-36-61-68(88-72(80)54-37-34-33-35-38-54)70(91-96(28,29)76(14,15)16)71(92-97(30,31)77(17,18)19)69(87-61)62(90-95(26,27)75(11,12)13)43-40-55(78)39-41-56-46-52(3)60(84-56)44-42-57-45-51(2)53(4)63(85-57)49-64-59(48-66(79)81-20)67(82-21)65(86-64)47-58(89-94(24,25)74(8,9)10)50-83-93(22,23)73(5,6)7/h32-35,37-38,40,43,51,56-65,67-71H,1,3-4,36,39,41-42,44-50H2,2,5-31H3/b43-40+/t51-,56?,57+,58+,59?,60?,61+,62?,63?,64+,65-,67-,68?,69+,70?,71?/m1/s1. The number of carbonyl (C=O) groups excluding carboxylic acids is 3. The fourth-order valence-electron chi connectivity index (χ4n) is 12.2. The van der Waals surface area contributed by atoms with Crippen molar-refractivity contribution in [3.05, 3.63) is 85.0 Å². The number of allylic oxidation sites excluding steroid dienone is 1. The lowest BCUT2D eigenvalue weighted by atomic mass is 9.82. The van der Waals surface area contributed by atoms with Gasteiger partial charge in [-0.3, -0.25) is 9.59 Å². The van der Waals surface area contributed by atoms with Crippen molar-refractivity contribution < 1.29 is 69.7 Å². The number of ketones is 1. The molecule has 4 aliphatic rings. The number of hydrogen-bond donors (Lipinski definition) is 0. The van der Waals surface area contributed by atoms with Crippen LogP contribution in [0, 0.1) is 11.8 Å². The van der Waals surface area contributed by atoms with Crippen molar-refractivity contribution >= 4 is 59.3 Å². The van der Waals surface area contributed by atoms with E-state index in [4.69, 9.17) is 55.3 Å². The maximum Gasteiger partial charge on any atom is 0.338 e. The lowest BCUT2D eigenvalue weighted by Gasteiger charge is -2.54. The molecule has 0 aliphatic carbocycles. The minimum atomic E-state index is -2.66. The minimum absolute atomic E-state index is 0.0220. The van der Waals surface area contributed by atoms with Crippen LogP contribution in [0.5, 0.6) is 0 Å². The Balaban J connectivity index is 1.36. The Hall–Kier alpha value is -2.53. The average molecular weight is 1440 g/mol. The number of ether oxygens (including phenoxy) is 7. The Morgan fingerprint density at radius 2 is 1.16 bits per heavy atom. The van der Waals surface area contributed by atoms with Crippen LogP contribution in [0.3, 0.4) is 0 Å². The van der Waals surface area contributed by atoms with Crippen molar-refractivity contribution in [2.24, 2.45) is 11.8 Å². The van der Waals surface area contributed by atoms with E-state index in [1.807, 2.05) is 24.3 Å². The highest BCUT2D eigenvalue weighted by atomic mass is 28.4. The summed E-state index contributed by atoms with van der Waals surface area (Å²) in [5.41, 5.74) is 2.47. The molecule has 0 amide bonds. The van der Waals surface area contributed by atoms with E-state index in [0.29, 0.717) is 44.3 Å². The maximum absolute atomic E-state index is 14.5. The molecule has 554 valence electrons. The summed E-state index contributed by atoms with van der Waals surface area (Å²) in [6, 6.07) is 9.04. The van der Waals surface area contributed by atoms with Crippen molar-refractivity contribution in [3.8, 4) is 0 Å². The summed E-state index contributed by atoms with van der Waals surface area (Å²) in [5.74, 6) is -0.943. The number of esters is 2. The van der Waals surface area contributed by atoms with Crippen molar-refractivity contribution in [1.82, 2.24) is 0 Å². The molecule has 0 N–H and O–H groups in total. The maximum atomic E-state index is 14.5. The molecule has 4 heterocycles. The van der Waals surface area contributed by atoms with Gasteiger partial charge in [0.25, 0.3) is 0 Å². The second kappa shape index (κ2) is 33.5. The number of methoxy groups -OCH3 is 2. The molecule has 4 fully saturated rings. The summed E-state index contributed by atoms with van der Waals surface area (Å²) in [6.07, 6.45) is 3.94. The van der Waals surface area contributed by atoms with Gasteiger partial charge in [0.2, 0.25) is 0 Å². The summed E-state index contributed by atoms with van der Waals surface area (Å²) in [5, 5.41) is -0.642. The molecule has 1 aromatic carbocycles. The fourth-order valence-corrected chi connectivity index (χ4v) is 18.4. The first-order chi connectivity index (χ1) is 44.3. The first kappa shape index (κ1) is 85.1. The predicted octanol–water partition coefficient (Wildman–Crippen LogP) is 18.6. The van der Waals surface area contributed by atoms with Gasteiger partial charge in [-0.05, 0) is 164 Å². The van der Waals surface area contributed by atoms with Gasteiger partial charge in [0.15, 0.2) is 53.5 Å². The smallest absolute Gasteiger partial charge is 0.338 e. The Labute approximate surface area is 594 Å². The van der Waals surface area contributed by atoms with E-state index in [9.17, 15) is 14.4 Å². The van der Waals surface area contributed by atoms with Crippen LogP contribution in [0.15, 0.2) is 79.4 Å². The highest BCUT2D eigenvalue weighted by molar-refractivity contribution is 6.76. The van der Waals surface area contributed by atoms with Crippen LogP contribution in [0.4, 0.5) is 0 Å². The zero-order valence-electron chi connectivity index (χ0n) is 65.9. The molecule has 20 heteroatoms. The summed E-state index contributed by atoms with van der Waals surface area (Å²) in [7, 11) is -9.17. The molecular weight excluding hydrogens is 1310 g/mol. The Morgan fingerprint density at radius 3 is 1.70 bits per heavy atom. The lowest BCUT2D eigenvalue weighted by Crippen LogP contribution is -2.68. The molecule has 0 radical (unpaired) electrons. The quantitative estimate of drug-likeness (QED) is 0.0298. The summed E-state index contributed by atoms with van der Waals surface area (Å²) < 4.78 is 83.2. The third-order valence-electron chi connectivity index (χ3n) is 23.8. The molecule has 1 aromatic rings. The Kier molecular flexibility index (Phi) is 29.4. The van der Waals surface area contributed by atoms with Crippen molar-refractivity contribution in [2.75, 3.05) is 20.8 Å². The Morgan fingerprint density at radius 1 is 0.619 bits per heavy atom. The molecule has 0 saturated carbocycles. The monoisotopic (exact) mass is 1440 g/mol. The molecule has 0 bridgehead atoms. The van der Waals surface area contributed by atoms with E-state index in [1.54, 1.807) is 31.4 Å². The van der Waals surface area contributed by atoms with Gasteiger partial charge in [-0.25, -0.2) is 4.79 Å². The summed E-state index contributed by atoms with van der Waals surface area (Å²) in [4.78, 5) is 41.9. The van der Waals surface area contributed by atoms with Crippen LogP contribution in [0.1, 0.15) is 185 Å². The normalized spacial score (nSPS) is 28.5. The van der Waals surface area contributed by atoms with Gasteiger partial charge in [-0.15, -0.1) is 6.58 Å². The molecule has 0 spiro atoms. The number of hydrogen-bond acceptors (Lipinski definition) is 15. The highest BCUT2D eigenvalue weighted by Crippen LogP contribution is 2.49. The predicted molar refractivity (Wildman–Crippen MR) is 406 cm³/mol. The van der Waals surface area contributed by atoms with E-state index >= 15 is 0 Å². The zero-order chi connectivity index (χ0) is 73.6. The van der Waals surface area contributed by atoms with Gasteiger partial charge in [-0.1, -0.05) is 154 Å². The van der Waals surface area contributed by atoms with Crippen LogP contribution < -0.4 is 0 Å². The molecule has 16 atom stereocenters. The van der Waals surface area contributed by atoms with E-state index in [-0.39, 0.29) is 104 Å². The van der Waals surface area contributed by atoms with E-state index < -0.39 is 90.3 Å². The van der Waals surface area contributed by atoms with Crippen molar-refractivity contribution in [1.29, 1.82) is 0 Å². The largest absolute Gasteiger partial charge is 0.469 e. The van der Waals surface area contributed by atoms with Gasteiger partial charge in [0, 0.05) is 32.3 Å². The molecule has 0 aromatic heterocycles. The topological polar surface area (TPSA) is 162 Å². The minimum Gasteiger partial charge on any atom is -0.469 e. The first-order valence-electron chi connectivity index (χ1n) is 36.3. The molecule has 97 heavy (non-hydrogen) atoms. The third-order valence-corrected chi connectivity index (χ3v) is 46.2. The second-order valence-electron chi connectivity index (χ2n) is 36.3. The van der Waals surface area contributed by atoms with Gasteiger partial charge < -0.3 is 55.3 Å². The van der Waals surface area contributed by atoms with Crippen LogP contribution in [-0.2, 0) is 64.9 Å². The SMILES string of the molecule is C=CC[C@@H]1O[C@@H](C(/C=C/C(=O)CCC2CC(=C)C(CC[C@H]3C[C@@H](C)C(=C)C(C[C@@H]4O[C@H](C[C@@H](CO[Si](C)(C)C(C)(C)C)O[Si](C)(C)C(C)(C)C)[C@H](OC)C4CC(=O)OC)O3)O2)O[Si](C)(C)C(C)(C)C)C(O[Si](C)(C)C(C)(C)C)C(O[Si](C)(C)C(C)(C)C)C1OC(=O)c1ccccc1. The highest BCUT2D eigenvalue weighted by Gasteiger charge is 2.58. The molecule has 15 nitrogen and oxygen atoms in total. The molecule has 4 aliphatic heterocycles. The summed E-state index contributed by atoms with van der Waals surface area (Å²) in [6.45, 7) is 71.7. The van der Waals surface area contributed by atoms with E-state index in [1.165, 1.54) is 7.11 Å². The van der Waals surface area contributed by atoms with Crippen molar-refractivity contribution in [2.45, 2.75) is 351 Å². The fraction of sp³-hybridized carbons (Fsp3) is 0.779. The molecule has 4 saturated heterocycles. The molecule has 5 rings (SSSR count).